The molecule has 0 heterocycles. The second-order valence-electron chi connectivity index (χ2n) is 2.24. The van der Waals surface area contributed by atoms with Gasteiger partial charge in [0.1, 0.15) is 10.8 Å². The molecule has 0 N–H and O–H groups in total. The molecule has 0 aliphatic rings. The van der Waals surface area contributed by atoms with Crippen LogP contribution < -0.4 is 0 Å². The summed E-state index contributed by atoms with van der Waals surface area (Å²) in [5.41, 5.74) is 0. The summed E-state index contributed by atoms with van der Waals surface area (Å²) in [6.45, 7) is 0. The first-order valence-electron chi connectivity index (χ1n) is 3.32. The highest BCUT2D eigenvalue weighted by Crippen LogP contribution is 2.42. The molecule has 0 aliphatic heterocycles. The highest BCUT2D eigenvalue weighted by Gasteiger charge is 2.60. The predicted molar refractivity (Wildman–Crippen MR) is 49.7 cm³/mol. The molecule has 0 radical (unpaired) electrons. The summed E-state index contributed by atoms with van der Waals surface area (Å²) in [6, 6.07) is 0. The third-order valence-electron chi connectivity index (χ3n) is 1.18. The summed E-state index contributed by atoms with van der Waals surface area (Å²) >= 11 is 9.27. The van der Waals surface area contributed by atoms with Crippen LogP contribution in [0, 0.1) is 0 Å². The van der Waals surface area contributed by atoms with E-state index in [-0.39, 0.29) is 0 Å². The molecule has 90 valence electrons. The Hall–Kier alpha value is -0.0100. The number of hydrogen-bond acceptors (Lipinski definition) is 2. The number of ether oxygens (including phenoxy) is 1. The van der Waals surface area contributed by atoms with Crippen LogP contribution in [-0.2, 0) is 15.5 Å². The van der Waals surface area contributed by atoms with E-state index in [1.165, 1.54) is 0 Å². The maximum atomic E-state index is 12.7. The van der Waals surface area contributed by atoms with E-state index in [9.17, 15) is 21.8 Å². The molecule has 0 saturated heterocycles. The molecule has 0 aromatic carbocycles. The molecular formula is C6H6Cl2F4O2S. The minimum absolute atomic E-state index is 0.611. The number of allylic oxidation sites excluding steroid dienone is 1. The first-order valence-corrected chi connectivity index (χ1v) is 5.39. The second-order valence-corrected chi connectivity index (χ2v) is 4.55. The zero-order chi connectivity index (χ0) is 12.3. The fourth-order valence-corrected chi connectivity index (χ4v) is 1.92. The Balaban J connectivity index is 5.08. The van der Waals surface area contributed by atoms with Gasteiger partial charge in [0.15, 0.2) is 0 Å². The van der Waals surface area contributed by atoms with Crippen molar-refractivity contribution in [2.75, 3.05) is 13.0 Å². The van der Waals surface area contributed by atoms with Crippen molar-refractivity contribution in [3.8, 4) is 0 Å². The van der Waals surface area contributed by atoms with Gasteiger partial charge in [0.05, 0.1) is 24.2 Å². The van der Waals surface area contributed by atoms with Crippen LogP contribution in [0.2, 0.25) is 0 Å². The van der Waals surface area contributed by atoms with E-state index in [1.807, 2.05) is 0 Å². The molecule has 0 fully saturated rings. The van der Waals surface area contributed by atoms with E-state index in [2.05, 4.69) is 16.3 Å². The van der Waals surface area contributed by atoms with Gasteiger partial charge in [-0.1, -0.05) is 0 Å². The maximum Gasteiger partial charge on any atom is 0.401 e. The van der Waals surface area contributed by atoms with Gasteiger partial charge in [-0.3, -0.25) is 0 Å². The van der Waals surface area contributed by atoms with Crippen LogP contribution in [0.25, 0.3) is 0 Å². The van der Waals surface area contributed by atoms with Crippen molar-refractivity contribution in [2.24, 2.45) is 0 Å². The first kappa shape index (κ1) is 15.0. The van der Waals surface area contributed by atoms with E-state index >= 15 is 0 Å². The van der Waals surface area contributed by atoms with Crippen LogP contribution >= 0.6 is 23.2 Å². The second kappa shape index (κ2) is 5.36. The Labute approximate surface area is 95.6 Å². The van der Waals surface area contributed by atoms with Crippen LogP contribution in [0.4, 0.5) is 17.6 Å². The quantitative estimate of drug-likeness (QED) is 0.442. The average Bonchev–Trinajstić information content (AvgIpc) is 2.11. The lowest BCUT2D eigenvalue weighted by Gasteiger charge is -2.20. The smallest absolute Gasteiger partial charge is 0.401 e. The molecule has 0 amide bonds. The van der Waals surface area contributed by atoms with Gasteiger partial charge in [-0.25, -0.2) is 4.21 Å². The standard InChI is InChI=1S/C6H6Cl2F4O2S/c1-14-3-4(2-7)15(13)6(11,12)5(8,9)10/h3H,2H2,1H3/b4-3+. The van der Waals surface area contributed by atoms with Crippen LogP contribution in [0.3, 0.4) is 0 Å². The topological polar surface area (TPSA) is 26.3 Å². The fraction of sp³-hybridized carbons (Fsp3) is 0.667. The van der Waals surface area contributed by atoms with Crippen molar-refractivity contribution < 1.29 is 26.5 Å². The van der Waals surface area contributed by atoms with Crippen molar-refractivity contribution in [1.29, 1.82) is 0 Å². The van der Waals surface area contributed by atoms with Crippen LogP contribution in [0.1, 0.15) is 0 Å². The summed E-state index contributed by atoms with van der Waals surface area (Å²) in [7, 11) is -2.28. The molecule has 1 atom stereocenters. The van der Waals surface area contributed by atoms with Gasteiger partial charge in [0.25, 0.3) is 0 Å². The predicted octanol–water partition coefficient (Wildman–Crippen LogP) is 2.89. The van der Waals surface area contributed by atoms with E-state index in [0.717, 1.165) is 7.11 Å². The van der Waals surface area contributed by atoms with Gasteiger partial charge in [-0.2, -0.15) is 17.6 Å². The largest absolute Gasteiger partial charge is 0.503 e. The minimum atomic E-state index is -4.92. The molecule has 0 rings (SSSR count). The molecule has 15 heavy (non-hydrogen) atoms. The number of hydrogen-bond donors (Lipinski definition) is 0. The molecule has 0 spiro atoms. The summed E-state index contributed by atoms with van der Waals surface area (Å²) in [5, 5.41) is -9.83. The molecule has 0 aromatic rings. The number of halogens is 6. The van der Waals surface area contributed by atoms with Gasteiger partial charge in [-0.05, 0) is 11.6 Å². The minimum Gasteiger partial charge on any atom is -0.503 e. The Morgan fingerprint density at radius 1 is 1.47 bits per heavy atom. The maximum absolute atomic E-state index is 12.7. The lowest BCUT2D eigenvalue weighted by molar-refractivity contribution is -0.0928. The van der Waals surface area contributed by atoms with Crippen LogP contribution in [-0.4, -0.2) is 27.8 Å². The highest BCUT2D eigenvalue weighted by atomic mass is 35.5. The lowest BCUT2D eigenvalue weighted by Crippen LogP contribution is -2.40. The molecule has 9 heteroatoms. The molecular weight excluding hydrogens is 283 g/mol. The van der Waals surface area contributed by atoms with Gasteiger partial charge in [0.2, 0.25) is 0 Å². The summed E-state index contributed by atoms with van der Waals surface area (Å²) in [4.78, 5) is -0.676. The Morgan fingerprint density at radius 3 is 2.20 bits per heavy atom. The Bertz CT molecular complexity index is 277. The molecule has 0 bridgehead atoms. The number of alkyl halides is 6. The summed E-state index contributed by atoms with van der Waals surface area (Å²) < 4.78 is 65.2. The number of methoxy groups -OCH3 is 1. The molecule has 0 saturated carbocycles. The summed E-state index contributed by atoms with van der Waals surface area (Å²) in [5.74, 6) is -0.636. The lowest BCUT2D eigenvalue weighted by atomic mass is 10.7. The normalized spacial score (nSPS) is 16.3. The zero-order valence-corrected chi connectivity index (χ0v) is 9.61. The van der Waals surface area contributed by atoms with Crippen molar-refractivity contribution in [1.82, 2.24) is 0 Å². The molecule has 2 nitrogen and oxygen atoms in total. The van der Waals surface area contributed by atoms with E-state index in [1.54, 1.807) is 0 Å². The van der Waals surface area contributed by atoms with Crippen molar-refractivity contribution in [3.05, 3.63) is 11.2 Å². The van der Waals surface area contributed by atoms with E-state index < -0.39 is 32.2 Å². The Kier molecular flexibility index (Phi) is 5.35. The molecule has 0 aliphatic carbocycles. The van der Waals surface area contributed by atoms with Crippen LogP contribution in [0.15, 0.2) is 11.2 Å². The Morgan fingerprint density at radius 2 is 1.93 bits per heavy atom. The third kappa shape index (κ3) is 3.49. The van der Waals surface area contributed by atoms with Gasteiger partial charge in [-0.15, -0.1) is 11.6 Å². The first-order chi connectivity index (χ1) is 6.68. The monoisotopic (exact) mass is 288 g/mol. The number of rotatable bonds is 5. The van der Waals surface area contributed by atoms with Crippen LogP contribution in [0.5, 0.6) is 0 Å². The van der Waals surface area contributed by atoms with Gasteiger partial charge < -0.3 is 4.74 Å². The van der Waals surface area contributed by atoms with Gasteiger partial charge >= 0.3 is 10.6 Å². The fourth-order valence-electron chi connectivity index (χ4n) is 0.526. The third-order valence-corrected chi connectivity index (χ3v) is 3.42. The van der Waals surface area contributed by atoms with Gasteiger partial charge in [0, 0.05) is 0 Å². The zero-order valence-electron chi connectivity index (χ0n) is 7.28. The van der Waals surface area contributed by atoms with E-state index in [4.69, 9.17) is 11.6 Å². The average molecular weight is 289 g/mol. The van der Waals surface area contributed by atoms with E-state index in [0.29, 0.717) is 6.26 Å². The SMILES string of the molecule is CO/C=C(\CCl)S(=O)C(F)(F)C(F)(F)Cl. The van der Waals surface area contributed by atoms with Crippen molar-refractivity contribution >= 4 is 34.0 Å². The highest BCUT2D eigenvalue weighted by molar-refractivity contribution is 7.90. The molecule has 0 aromatic heterocycles. The van der Waals surface area contributed by atoms with Crippen molar-refractivity contribution in [2.45, 2.75) is 10.6 Å². The molecule has 1 unspecified atom stereocenters. The summed E-state index contributed by atoms with van der Waals surface area (Å²) in [6.07, 6.45) is 0.611. The van der Waals surface area contributed by atoms with Crippen molar-refractivity contribution in [3.63, 3.8) is 0 Å².